The molecule has 27 nitrogen and oxygen atoms in total. The summed E-state index contributed by atoms with van der Waals surface area (Å²) >= 11 is 0. The van der Waals surface area contributed by atoms with Crippen molar-refractivity contribution in [2.45, 2.75) is 145 Å². The highest BCUT2D eigenvalue weighted by atomic mass is 16.4. The number of carbonyl (C=O) groups is 11. The van der Waals surface area contributed by atoms with E-state index in [4.69, 9.17) is 5.73 Å². The summed E-state index contributed by atoms with van der Waals surface area (Å²) in [6, 6.07) is 16.1. The Morgan fingerprint density at radius 1 is 0.600 bits per heavy atom. The molecule has 10 atom stereocenters. The van der Waals surface area contributed by atoms with E-state index >= 15 is 0 Å². The molecule has 0 spiro atoms. The number of nitrogens with one attached hydrogen (secondary N) is 10. The van der Waals surface area contributed by atoms with Crippen LogP contribution in [0.1, 0.15) is 81.0 Å². The predicted octanol–water partition coefficient (Wildman–Crippen LogP) is -0.757. The number of aromatic hydroxyl groups is 2. The SMILES string of the molecule is C[C@@H](NC(=O)[C@H](Cc1ccccc1)NC(=O)[C@@H](C)NC(=O)[C@@H](N)Cc1ccc(O)cc1)C(=O)N[C@@H](Cc1ccc(O)cc1)C(=O)N1CCC[C@H]1C(=O)N[C@@H](CO)C(=O)NCCCC[C@@H]1NC(=O)[C@H](CCC(=O)N[C@@H](Cc2c[nH]c3ccccc23)C(=O)O)NC1=O. The van der Waals surface area contributed by atoms with Crippen LogP contribution in [0.5, 0.6) is 11.5 Å². The number of aliphatic carboxylic acids is 1. The first-order valence-corrected chi connectivity index (χ1v) is 29.8. The lowest BCUT2D eigenvalue weighted by atomic mass is 10.0. The van der Waals surface area contributed by atoms with Gasteiger partial charge in [0.2, 0.25) is 59.1 Å². The lowest BCUT2D eigenvalue weighted by Crippen LogP contribution is -2.61. The Bertz CT molecular complexity index is 3360. The number of carbonyl (C=O) groups excluding carboxylic acids is 10. The molecule has 27 heteroatoms. The van der Waals surface area contributed by atoms with Crippen LogP contribution in [0, 0.1) is 0 Å². The molecule has 3 heterocycles. The van der Waals surface area contributed by atoms with Gasteiger partial charge >= 0.3 is 5.97 Å². The smallest absolute Gasteiger partial charge is 0.326 e. The molecule has 2 saturated heterocycles. The van der Waals surface area contributed by atoms with Crippen LogP contribution in [0.25, 0.3) is 10.9 Å². The molecule has 1 aromatic heterocycles. The molecule has 2 aliphatic rings. The molecule has 480 valence electrons. The average molecular weight is 1240 g/mol. The Balaban J connectivity index is 0.874. The Morgan fingerprint density at radius 3 is 1.80 bits per heavy atom. The number of para-hydroxylation sites is 1. The Hall–Kier alpha value is -9.89. The molecule has 0 bridgehead atoms. The fourth-order valence-electron chi connectivity index (χ4n) is 10.6. The van der Waals surface area contributed by atoms with Gasteiger partial charge in [0.25, 0.3) is 0 Å². The molecule has 5 aromatic rings. The maximum atomic E-state index is 14.6. The number of piperazine rings is 1. The van der Waals surface area contributed by atoms with Crippen molar-refractivity contribution in [2.24, 2.45) is 5.73 Å². The molecule has 0 radical (unpaired) electrons. The van der Waals surface area contributed by atoms with E-state index in [0.29, 0.717) is 41.5 Å². The number of unbranched alkanes of at least 4 members (excludes halogenated alkanes) is 1. The van der Waals surface area contributed by atoms with Crippen LogP contribution in [0.3, 0.4) is 0 Å². The molecule has 2 fully saturated rings. The van der Waals surface area contributed by atoms with Gasteiger partial charge in [-0.2, -0.15) is 0 Å². The standard InChI is InChI=1S/C63H78N12O15/c1-35(67-56(82)44(64)29-38-17-21-41(77)22-18-38)54(80)72-48(30-37-11-4-3-5-12-37)60(86)68-36(2)55(81)73-49(31-39-19-23-42(78)24-20-39)62(88)75-28-10-16-52(75)61(87)74-51(34-76)57(83)65-27-9-8-15-46-58(84)71-47(59(85)70-46)25-26-53(79)69-50(63(89)90)32-40-33-66-45-14-7-6-13-43(40)45/h3-7,11-14,17-24,33,35-36,44,46-52,66,76-78H,8-10,15-16,25-32,34,64H2,1-2H3,(H,65,83)(H,67,82)(H,68,86)(H,69,79)(H,70,85)(H,71,84)(H,72,80)(H,73,81)(H,74,87)(H,89,90)/t35-,36-,44+,46+,47+,48+,49+,50+,51+,52+/m1/s1. The molecule has 0 saturated carbocycles. The van der Waals surface area contributed by atoms with E-state index in [1.54, 1.807) is 48.7 Å². The number of nitrogens with zero attached hydrogens (tertiary/aromatic N) is 1. The van der Waals surface area contributed by atoms with Gasteiger partial charge < -0.3 is 83.9 Å². The van der Waals surface area contributed by atoms with Gasteiger partial charge in [-0.3, -0.25) is 47.9 Å². The van der Waals surface area contributed by atoms with Crippen molar-refractivity contribution >= 4 is 75.9 Å². The predicted molar refractivity (Wildman–Crippen MR) is 326 cm³/mol. The lowest BCUT2D eigenvalue weighted by molar-refractivity contribution is -0.142. The summed E-state index contributed by atoms with van der Waals surface area (Å²) in [5.74, 6) is -8.02. The number of hydrogen-bond acceptors (Lipinski definition) is 15. The van der Waals surface area contributed by atoms with E-state index in [1.807, 2.05) is 24.3 Å². The maximum absolute atomic E-state index is 14.6. The summed E-state index contributed by atoms with van der Waals surface area (Å²) in [5, 5.41) is 64.0. The monoisotopic (exact) mass is 1240 g/mol. The third-order valence-corrected chi connectivity index (χ3v) is 15.7. The minimum atomic E-state index is -1.44. The molecule has 90 heavy (non-hydrogen) atoms. The van der Waals surface area contributed by atoms with Crippen molar-refractivity contribution in [3.63, 3.8) is 0 Å². The van der Waals surface area contributed by atoms with E-state index in [1.165, 1.54) is 55.1 Å². The molecule has 4 aromatic carbocycles. The molecular weight excluding hydrogens is 1160 g/mol. The highest BCUT2D eigenvalue weighted by Crippen LogP contribution is 2.23. The number of phenols is 2. The van der Waals surface area contributed by atoms with Gasteiger partial charge in [0.1, 0.15) is 65.9 Å². The summed E-state index contributed by atoms with van der Waals surface area (Å²) in [4.78, 5) is 152. The van der Waals surface area contributed by atoms with E-state index in [2.05, 4.69) is 52.8 Å². The van der Waals surface area contributed by atoms with Gasteiger partial charge in [-0.05, 0) is 111 Å². The zero-order valence-electron chi connectivity index (χ0n) is 49.9. The van der Waals surface area contributed by atoms with Crippen molar-refractivity contribution in [3.05, 3.63) is 132 Å². The van der Waals surface area contributed by atoms with Crippen molar-refractivity contribution in [2.75, 3.05) is 19.7 Å². The number of H-pyrrole nitrogens is 1. The van der Waals surface area contributed by atoms with Crippen LogP contribution < -0.4 is 53.6 Å². The second-order valence-electron chi connectivity index (χ2n) is 22.5. The van der Waals surface area contributed by atoms with Crippen LogP contribution in [0.2, 0.25) is 0 Å². The molecule has 0 unspecified atom stereocenters. The zero-order chi connectivity index (χ0) is 65.0. The van der Waals surface area contributed by atoms with Crippen molar-refractivity contribution in [1.82, 2.24) is 57.7 Å². The number of phenolic OH excluding ortho intramolecular Hbond substituents is 2. The van der Waals surface area contributed by atoms with Crippen molar-refractivity contribution in [1.29, 1.82) is 0 Å². The highest BCUT2D eigenvalue weighted by molar-refractivity contribution is 5.99. The number of carboxylic acid groups (broad SMARTS) is 1. The van der Waals surface area contributed by atoms with Gasteiger partial charge in [0, 0.05) is 55.9 Å². The number of aliphatic hydroxyl groups excluding tert-OH is 1. The van der Waals surface area contributed by atoms with Gasteiger partial charge in [-0.1, -0.05) is 72.8 Å². The fourth-order valence-corrected chi connectivity index (χ4v) is 10.6. The Labute approximate surface area is 518 Å². The van der Waals surface area contributed by atoms with E-state index in [-0.39, 0.29) is 76.0 Å². The van der Waals surface area contributed by atoms with E-state index in [0.717, 1.165) is 10.9 Å². The second kappa shape index (κ2) is 32.4. The number of fused-ring (bicyclic) bond motifs is 1. The third-order valence-electron chi connectivity index (χ3n) is 15.7. The van der Waals surface area contributed by atoms with Crippen LogP contribution >= 0.6 is 0 Å². The molecule has 2 aliphatic heterocycles. The molecule has 10 amide bonds. The van der Waals surface area contributed by atoms with Crippen LogP contribution in [0.15, 0.2) is 109 Å². The number of hydrogen-bond donors (Lipinski definition) is 15. The van der Waals surface area contributed by atoms with Gasteiger partial charge in [0.05, 0.1) is 12.6 Å². The van der Waals surface area contributed by atoms with Crippen LogP contribution in [-0.4, -0.2) is 175 Å². The quantitative estimate of drug-likeness (QED) is 0.0243. The summed E-state index contributed by atoms with van der Waals surface area (Å²) < 4.78 is 0. The lowest BCUT2D eigenvalue weighted by Gasteiger charge is -2.30. The number of aromatic amines is 1. The summed E-state index contributed by atoms with van der Waals surface area (Å²) in [6.45, 7) is 2.10. The van der Waals surface area contributed by atoms with Crippen molar-refractivity contribution in [3.8, 4) is 11.5 Å². The second-order valence-corrected chi connectivity index (χ2v) is 22.5. The van der Waals surface area contributed by atoms with E-state index < -0.39 is 132 Å². The number of nitrogens with two attached hydrogens (primary N) is 1. The first-order chi connectivity index (χ1) is 43.1. The first-order valence-electron chi connectivity index (χ1n) is 29.8. The number of benzene rings is 4. The molecule has 0 aliphatic carbocycles. The number of aliphatic hydroxyl groups is 1. The Kier molecular flexibility index (Phi) is 24.3. The van der Waals surface area contributed by atoms with Crippen molar-refractivity contribution < 1.29 is 73.2 Å². The third kappa shape index (κ3) is 19.3. The summed E-state index contributed by atoms with van der Waals surface area (Å²) in [7, 11) is 0. The number of aromatic nitrogens is 1. The highest BCUT2D eigenvalue weighted by Gasteiger charge is 2.40. The van der Waals surface area contributed by atoms with Gasteiger partial charge in [-0.15, -0.1) is 0 Å². The molecular formula is C63H78N12O15. The summed E-state index contributed by atoms with van der Waals surface area (Å²) in [6.07, 6.45) is 2.70. The van der Waals surface area contributed by atoms with Gasteiger partial charge in [0.15, 0.2) is 0 Å². The number of likely N-dealkylation sites (tertiary alicyclic amines) is 1. The average Bonchev–Trinajstić information content (AvgIpc) is 1.94. The Morgan fingerprint density at radius 2 is 1.17 bits per heavy atom. The number of rotatable bonds is 31. The topological polar surface area (TPSA) is 422 Å². The molecule has 7 rings (SSSR count). The van der Waals surface area contributed by atoms with Crippen LogP contribution in [-0.2, 0) is 78.4 Å². The maximum Gasteiger partial charge on any atom is 0.326 e. The first kappa shape index (κ1) is 67.6. The molecule has 16 N–H and O–H groups in total. The normalized spacial score (nSPS) is 17.8. The fraction of sp³-hybridized carbons (Fsp3) is 0.413. The number of amides is 10. The summed E-state index contributed by atoms with van der Waals surface area (Å²) in [5.41, 5.74) is 9.48. The largest absolute Gasteiger partial charge is 0.508 e. The number of carboxylic acids is 1. The van der Waals surface area contributed by atoms with E-state index in [9.17, 15) is 73.2 Å². The van der Waals surface area contributed by atoms with Crippen LogP contribution in [0.4, 0.5) is 0 Å². The van der Waals surface area contributed by atoms with Gasteiger partial charge in [-0.25, -0.2) is 4.79 Å². The minimum absolute atomic E-state index is 0.0197. The zero-order valence-corrected chi connectivity index (χ0v) is 49.9. The minimum Gasteiger partial charge on any atom is -0.508 e.